The van der Waals surface area contributed by atoms with Crippen LogP contribution in [-0.2, 0) is 6.42 Å². The van der Waals surface area contributed by atoms with E-state index in [0.29, 0.717) is 0 Å². The molecule has 0 amide bonds. The second-order valence-corrected chi connectivity index (χ2v) is 4.70. The third kappa shape index (κ3) is 3.40. The van der Waals surface area contributed by atoms with Crippen molar-refractivity contribution in [3.63, 3.8) is 0 Å². The Labute approximate surface area is 79.6 Å². The lowest BCUT2D eigenvalue weighted by Crippen LogP contribution is -1.80. The van der Waals surface area contributed by atoms with Gasteiger partial charge in [0, 0.05) is 9.75 Å². The molecule has 0 aliphatic rings. The summed E-state index contributed by atoms with van der Waals surface area (Å²) in [6.07, 6.45) is 6.79. The summed E-state index contributed by atoms with van der Waals surface area (Å²) in [7, 11) is 0. The van der Waals surface area contributed by atoms with E-state index in [2.05, 4.69) is 26.0 Å². The molecule has 1 aromatic heterocycles. The third-order valence-corrected chi connectivity index (χ3v) is 3.13. The fraction of sp³-hybridized carbons (Fsp3) is 0.636. The Bertz CT molecular complexity index is 213. The van der Waals surface area contributed by atoms with Crippen molar-refractivity contribution in [1.82, 2.24) is 0 Å². The minimum absolute atomic E-state index is 1.29. The molecule has 0 bridgehead atoms. The summed E-state index contributed by atoms with van der Waals surface area (Å²) < 4.78 is 0. The molecule has 0 atom stereocenters. The van der Waals surface area contributed by atoms with Gasteiger partial charge < -0.3 is 0 Å². The van der Waals surface area contributed by atoms with E-state index in [1.54, 1.807) is 4.88 Å². The van der Waals surface area contributed by atoms with Crippen LogP contribution in [0.15, 0.2) is 12.1 Å². The van der Waals surface area contributed by atoms with Crippen LogP contribution in [0.2, 0.25) is 0 Å². The summed E-state index contributed by atoms with van der Waals surface area (Å²) in [4.78, 5) is 3.00. The molecule has 0 aliphatic carbocycles. The second kappa shape index (κ2) is 5.36. The maximum atomic E-state index is 2.27. The molecule has 0 fully saturated rings. The highest BCUT2D eigenvalue weighted by Gasteiger charge is 1.95. The molecule has 12 heavy (non-hydrogen) atoms. The Kier molecular flexibility index (Phi) is 4.37. The Hall–Kier alpha value is -0.300. The van der Waals surface area contributed by atoms with Gasteiger partial charge in [-0.1, -0.05) is 26.2 Å². The Morgan fingerprint density at radius 3 is 2.58 bits per heavy atom. The predicted octanol–water partition coefficient (Wildman–Crippen LogP) is 4.18. The first-order valence-corrected chi connectivity index (χ1v) is 5.70. The Balaban J connectivity index is 2.15. The van der Waals surface area contributed by atoms with E-state index in [4.69, 9.17) is 0 Å². The quantitative estimate of drug-likeness (QED) is 0.599. The molecular formula is C11H18S. The van der Waals surface area contributed by atoms with Gasteiger partial charge in [0.2, 0.25) is 0 Å². The fourth-order valence-electron chi connectivity index (χ4n) is 1.35. The molecule has 0 aliphatic heterocycles. The SMILES string of the molecule is CCCCCCc1ccc(C)s1. The van der Waals surface area contributed by atoms with E-state index < -0.39 is 0 Å². The predicted molar refractivity (Wildman–Crippen MR) is 56.9 cm³/mol. The molecule has 0 aromatic carbocycles. The number of hydrogen-bond donors (Lipinski definition) is 0. The molecule has 1 rings (SSSR count). The minimum atomic E-state index is 1.29. The molecule has 1 aromatic rings. The monoisotopic (exact) mass is 182 g/mol. The van der Waals surface area contributed by atoms with Crippen LogP contribution >= 0.6 is 11.3 Å². The van der Waals surface area contributed by atoms with Gasteiger partial charge >= 0.3 is 0 Å². The van der Waals surface area contributed by atoms with Gasteiger partial charge in [0.25, 0.3) is 0 Å². The van der Waals surface area contributed by atoms with Crippen LogP contribution in [0.25, 0.3) is 0 Å². The number of hydrogen-bond acceptors (Lipinski definition) is 1. The zero-order chi connectivity index (χ0) is 8.81. The first-order valence-electron chi connectivity index (χ1n) is 4.88. The van der Waals surface area contributed by atoms with E-state index >= 15 is 0 Å². The van der Waals surface area contributed by atoms with Crippen molar-refractivity contribution >= 4 is 11.3 Å². The van der Waals surface area contributed by atoms with Crippen LogP contribution < -0.4 is 0 Å². The molecule has 68 valence electrons. The Morgan fingerprint density at radius 2 is 2.00 bits per heavy atom. The molecule has 0 nitrogen and oxygen atoms in total. The van der Waals surface area contributed by atoms with Crippen molar-refractivity contribution in [2.75, 3.05) is 0 Å². The van der Waals surface area contributed by atoms with Gasteiger partial charge in [0.1, 0.15) is 0 Å². The van der Waals surface area contributed by atoms with Crippen LogP contribution in [-0.4, -0.2) is 0 Å². The van der Waals surface area contributed by atoms with Gasteiger partial charge in [-0.25, -0.2) is 0 Å². The molecule has 1 heterocycles. The molecule has 1 heteroatoms. The first-order chi connectivity index (χ1) is 5.83. The number of rotatable bonds is 5. The molecule has 0 N–H and O–H groups in total. The maximum absolute atomic E-state index is 2.27. The standard InChI is InChI=1S/C11H18S/c1-3-4-5-6-7-11-9-8-10(2)12-11/h8-9H,3-7H2,1-2H3. The summed E-state index contributed by atoms with van der Waals surface area (Å²) in [6.45, 7) is 4.44. The smallest absolute Gasteiger partial charge is 0.00480 e. The van der Waals surface area contributed by atoms with Crippen molar-refractivity contribution in [2.24, 2.45) is 0 Å². The molecule has 0 saturated heterocycles. The highest BCUT2D eigenvalue weighted by molar-refractivity contribution is 7.11. The topological polar surface area (TPSA) is 0 Å². The molecule has 0 saturated carbocycles. The summed E-state index contributed by atoms with van der Waals surface area (Å²) in [5.41, 5.74) is 0. The minimum Gasteiger partial charge on any atom is -0.146 e. The normalized spacial score (nSPS) is 10.5. The van der Waals surface area contributed by atoms with Gasteiger partial charge in [-0.2, -0.15) is 0 Å². The lowest BCUT2D eigenvalue weighted by molar-refractivity contribution is 0.670. The molecular weight excluding hydrogens is 164 g/mol. The third-order valence-electron chi connectivity index (χ3n) is 2.07. The number of aryl methyl sites for hydroxylation is 2. The largest absolute Gasteiger partial charge is 0.146 e. The van der Waals surface area contributed by atoms with Gasteiger partial charge in [-0.05, 0) is 31.9 Å². The molecule has 0 unspecified atom stereocenters. The van der Waals surface area contributed by atoms with E-state index in [1.807, 2.05) is 11.3 Å². The average molecular weight is 182 g/mol. The summed E-state index contributed by atoms with van der Waals surface area (Å²) in [6, 6.07) is 4.49. The van der Waals surface area contributed by atoms with Crippen molar-refractivity contribution < 1.29 is 0 Å². The summed E-state index contributed by atoms with van der Waals surface area (Å²) >= 11 is 1.95. The van der Waals surface area contributed by atoms with Crippen molar-refractivity contribution in [3.8, 4) is 0 Å². The van der Waals surface area contributed by atoms with Crippen molar-refractivity contribution in [2.45, 2.75) is 46.0 Å². The van der Waals surface area contributed by atoms with E-state index in [0.717, 1.165) is 0 Å². The second-order valence-electron chi connectivity index (χ2n) is 3.32. The van der Waals surface area contributed by atoms with Crippen LogP contribution in [0.5, 0.6) is 0 Å². The van der Waals surface area contributed by atoms with E-state index in [9.17, 15) is 0 Å². The first kappa shape index (κ1) is 9.79. The summed E-state index contributed by atoms with van der Waals surface area (Å²) in [5.74, 6) is 0. The van der Waals surface area contributed by atoms with E-state index in [-0.39, 0.29) is 0 Å². The number of unbranched alkanes of at least 4 members (excludes halogenated alkanes) is 3. The van der Waals surface area contributed by atoms with Crippen LogP contribution in [0.1, 0.15) is 42.4 Å². The maximum Gasteiger partial charge on any atom is 0.00480 e. The van der Waals surface area contributed by atoms with E-state index in [1.165, 1.54) is 37.0 Å². The van der Waals surface area contributed by atoms with Crippen molar-refractivity contribution in [3.05, 3.63) is 21.9 Å². The molecule has 0 spiro atoms. The lowest BCUT2D eigenvalue weighted by Gasteiger charge is -1.96. The number of thiophene rings is 1. The van der Waals surface area contributed by atoms with Gasteiger partial charge in [-0.3, -0.25) is 0 Å². The Morgan fingerprint density at radius 1 is 1.17 bits per heavy atom. The summed E-state index contributed by atoms with van der Waals surface area (Å²) in [5, 5.41) is 0. The van der Waals surface area contributed by atoms with Crippen LogP contribution in [0, 0.1) is 6.92 Å². The van der Waals surface area contributed by atoms with Crippen molar-refractivity contribution in [1.29, 1.82) is 0 Å². The van der Waals surface area contributed by atoms with Gasteiger partial charge in [0.05, 0.1) is 0 Å². The fourth-order valence-corrected chi connectivity index (χ4v) is 2.28. The van der Waals surface area contributed by atoms with Crippen LogP contribution in [0.4, 0.5) is 0 Å². The zero-order valence-electron chi connectivity index (χ0n) is 8.10. The molecule has 0 radical (unpaired) electrons. The average Bonchev–Trinajstić information content (AvgIpc) is 2.45. The van der Waals surface area contributed by atoms with Gasteiger partial charge in [-0.15, -0.1) is 11.3 Å². The highest BCUT2D eigenvalue weighted by atomic mass is 32.1. The zero-order valence-corrected chi connectivity index (χ0v) is 8.91. The van der Waals surface area contributed by atoms with Gasteiger partial charge in [0.15, 0.2) is 0 Å². The highest BCUT2D eigenvalue weighted by Crippen LogP contribution is 2.17. The lowest BCUT2D eigenvalue weighted by atomic mass is 10.1. The van der Waals surface area contributed by atoms with Crippen LogP contribution in [0.3, 0.4) is 0 Å².